The van der Waals surface area contributed by atoms with Gasteiger partial charge in [-0.25, -0.2) is 4.57 Å². The first-order valence-corrected chi connectivity index (χ1v) is 17.5. The molecule has 9 nitrogen and oxygen atoms in total. The van der Waals surface area contributed by atoms with Gasteiger partial charge in [-0.05, 0) is 64.7 Å². The van der Waals surface area contributed by atoms with Crippen LogP contribution in [0.4, 0.5) is 0 Å². The van der Waals surface area contributed by atoms with Crippen LogP contribution in [0.2, 0.25) is 0 Å². The number of unbranched alkanes of at least 4 members (excludes halogenated alkanes) is 8. The molecule has 0 rings (SSSR count). The van der Waals surface area contributed by atoms with Crippen LogP contribution in [-0.2, 0) is 28.2 Å². The lowest BCUT2D eigenvalue weighted by molar-refractivity contribution is -0.161. The summed E-state index contributed by atoms with van der Waals surface area (Å²) in [5.41, 5.74) is 0. The molecule has 0 aromatic rings. The highest BCUT2D eigenvalue weighted by Crippen LogP contribution is 2.35. The lowest BCUT2D eigenvalue weighted by Gasteiger charge is -2.18. The van der Waals surface area contributed by atoms with Crippen LogP contribution in [0.5, 0.6) is 0 Å². The second kappa shape index (κ2) is 28.7. The molecule has 248 valence electrons. The van der Waals surface area contributed by atoms with Gasteiger partial charge < -0.3 is 24.4 Å². The average Bonchev–Trinajstić information content (AvgIpc) is 2.95. The molecule has 2 atom stereocenters. The minimum Gasteiger partial charge on any atom is -0.462 e. The van der Waals surface area contributed by atoms with Crippen LogP contribution in [0.1, 0.15) is 123 Å². The van der Waals surface area contributed by atoms with Crippen molar-refractivity contribution >= 4 is 19.8 Å². The van der Waals surface area contributed by atoms with Gasteiger partial charge in [0.15, 0.2) is 6.10 Å². The Kier molecular flexibility index (Phi) is 27.4. The Morgan fingerprint density at radius 2 is 1.21 bits per heavy atom. The summed E-state index contributed by atoms with van der Waals surface area (Å²) in [5, 5.41) is 9.22. The normalized spacial score (nSPS) is 13.9. The third-order valence-corrected chi connectivity index (χ3v) is 6.85. The van der Waals surface area contributed by atoms with Crippen LogP contribution in [0, 0.1) is 0 Å². The van der Waals surface area contributed by atoms with E-state index in [1.54, 1.807) is 0 Å². The molecule has 10 heteroatoms. The maximum absolute atomic E-state index is 12.2. The van der Waals surface area contributed by atoms with E-state index in [-0.39, 0.29) is 25.6 Å². The minimum absolute atomic E-state index is 0.179. The van der Waals surface area contributed by atoms with Crippen molar-refractivity contribution in [2.45, 2.75) is 135 Å². The number of phosphoric ester groups is 1. The van der Waals surface area contributed by atoms with Gasteiger partial charge in [-0.1, -0.05) is 94.1 Å². The van der Waals surface area contributed by atoms with E-state index in [0.29, 0.717) is 19.3 Å². The van der Waals surface area contributed by atoms with E-state index in [0.717, 1.165) is 57.8 Å². The molecular formula is C33H57O9P. The number of rotatable bonds is 28. The van der Waals surface area contributed by atoms with Gasteiger partial charge in [0.25, 0.3) is 0 Å². The Morgan fingerprint density at radius 1 is 0.698 bits per heavy atom. The van der Waals surface area contributed by atoms with E-state index in [1.165, 1.54) is 19.3 Å². The summed E-state index contributed by atoms with van der Waals surface area (Å²) >= 11 is 0. The highest BCUT2D eigenvalue weighted by molar-refractivity contribution is 7.46. The molecule has 0 saturated heterocycles. The van der Waals surface area contributed by atoms with Crippen LogP contribution in [-0.4, -0.2) is 52.3 Å². The van der Waals surface area contributed by atoms with Gasteiger partial charge >= 0.3 is 19.8 Å². The second-order valence-electron chi connectivity index (χ2n) is 10.7. The van der Waals surface area contributed by atoms with Crippen molar-refractivity contribution in [1.82, 2.24) is 0 Å². The Labute approximate surface area is 259 Å². The molecule has 0 spiro atoms. The quantitative estimate of drug-likeness (QED) is 0.0342. The van der Waals surface area contributed by atoms with Crippen LogP contribution in [0.25, 0.3) is 0 Å². The SMILES string of the molecule is CCCCCCCCCC(=O)O[C@H](COC(=O)CCC/C=C\C/C=C\C/C=C\C/C=C\CCC[C@@H](C)O)COP(=O)(O)O. The van der Waals surface area contributed by atoms with E-state index in [9.17, 15) is 19.3 Å². The number of allylic oxidation sites excluding steroid dienone is 8. The molecule has 0 fully saturated rings. The van der Waals surface area contributed by atoms with Gasteiger partial charge in [0.1, 0.15) is 6.61 Å². The zero-order chi connectivity index (χ0) is 32.0. The van der Waals surface area contributed by atoms with E-state index in [4.69, 9.17) is 19.3 Å². The Morgan fingerprint density at radius 3 is 1.77 bits per heavy atom. The van der Waals surface area contributed by atoms with E-state index < -0.39 is 32.5 Å². The topological polar surface area (TPSA) is 140 Å². The van der Waals surface area contributed by atoms with Gasteiger partial charge in [-0.15, -0.1) is 0 Å². The maximum Gasteiger partial charge on any atom is 0.469 e. The van der Waals surface area contributed by atoms with Gasteiger partial charge in [-0.2, -0.15) is 0 Å². The lowest BCUT2D eigenvalue weighted by Crippen LogP contribution is -2.29. The molecule has 0 radical (unpaired) electrons. The highest BCUT2D eigenvalue weighted by atomic mass is 31.2. The second-order valence-corrected chi connectivity index (χ2v) is 12.0. The predicted molar refractivity (Wildman–Crippen MR) is 171 cm³/mol. The summed E-state index contributed by atoms with van der Waals surface area (Å²) in [4.78, 5) is 42.2. The molecule has 43 heavy (non-hydrogen) atoms. The smallest absolute Gasteiger partial charge is 0.462 e. The summed E-state index contributed by atoms with van der Waals surface area (Å²) < 4.78 is 26.0. The van der Waals surface area contributed by atoms with E-state index in [1.807, 2.05) is 19.1 Å². The molecule has 0 aliphatic heterocycles. The number of carbonyl (C=O) groups excluding carboxylic acids is 2. The van der Waals surface area contributed by atoms with Crippen molar-refractivity contribution < 1.29 is 43.0 Å². The Hall–Kier alpha value is -2.03. The molecule has 0 aliphatic carbocycles. The van der Waals surface area contributed by atoms with Crippen LogP contribution < -0.4 is 0 Å². The van der Waals surface area contributed by atoms with Crippen molar-refractivity contribution in [2.75, 3.05) is 13.2 Å². The van der Waals surface area contributed by atoms with Crippen molar-refractivity contribution in [3.63, 3.8) is 0 Å². The Balaban J connectivity index is 4.10. The molecule has 0 amide bonds. The molecular weight excluding hydrogens is 571 g/mol. The van der Waals surface area contributed by atoms with Crippen molar-refractivity contribution in [3.8, 4) is 0 Å². The molecule has 0 bridgehead atoms. The van der Waals surface area contributed by atoms with Crippen LogP contribution >= 0.6 is 7.82 Å². The largest absolute Gasteiger partial charge is 0.469 e. The van der Waals surface area contributed by atoms with E-state index >= 15 is 0 Å². The average molecular weight is 629 g/mol. The number of hydrogen-bond donors (Lipinski definition) is 3. The monoisotopic (exact) mass is 628 g/mol. The van der Waals surface area contributed by atoms with Crippen molar-refractivity contribution in [3.05, 3.63) is 48.6 Å². The minimum atomic E-state index is -4.76. The number of aliphatic hydroxyl groups is 1. The molecule has 0 unspecified atom stereocenters. The maximum atomic E-state index is 12.2. The third-order valence-electron chi connectivity index (χ3n) is 6.37. The number of hydrogen-bond acceptors (Lipinski definition) is 7. The third kappa shape index (κ3) is 32.7. The summed E-state index contributed by atoms with van der Waals surface area (Å²) in [6.45, 7) is 3.09. The summed E-state index contributed by atoms with van der Waals surface area (Å²) in [6, 6.07) is 0. The molecule has 3 N–H and O–H groups in total. The molecule has 0 heterocycles. The molecule has 0 saturated carbocycles. The lowest BCUT2D eigenvalue weighted by atomic mass is 10.1. The zero-order valence-electron chi connectivity index (χ0n) is 26.4. The van der Waals surface area contributed by atoms with Gasteiger partial charge in [0, 0.05) is 12.8 Å². The standard InChI is InChI=1S/C33H57O9P/c1-3-4-5-6-16-21-24-27-33(36)42-31(29-41-43(37,38)39)28-40-32(35)26-23-20-18-15-13-11-9-7-8-10-12-14-17-19-22-25-30(2)34/h8-11,14-15,17-18,30-31,34H,3-7,12-13,16,19-29H2,1-2H3,(H2,37,38,39)/b10-8-,11-9-,17-14-,18-15-/t30-,31-/m1/s1. The fourth-order valence-electron chi connectivity index (χ4n) is 3.97. The number of aliphatic hydroxyl groups excluding tert-OH is 1. The van der Waals surface area contributed by atoms with Crippen LogP contribution in [0.3, 0.4) is 0 Å². The first-order chi connectivity index (χ1) is 20.6. The van der Waals surface area contributed by atoms with Crippen molar-refractivity contribution in [2.24, 2.45) is 0 Å². The molecule has 0 aromatic carbocycles. The first-order valence-electron chi connectivity index (χ1n) is 16.0. The van der Waals surface area contributed by atoms with Gasteiger partial charge in [-0.3, -0.25) is 14.1 Å². The molecule has 0 aromatic heterocycles. The number of carbonyl (C=O) groups is 2. The summed E-state index contributed by atoms with van der Waals surface area (Å²) in [7, 11) is -4.76. The van der Waals surface area contributed by atoms with Gasteiger partial charge in [0.2, 0.25) is 0 Å². The summed E-state index contributed by atoms with van der Waals surface area (Å²) in [6.07, 6.45) is 30.0. The number of ether oxygens (including phenoxy) is 2. The summed E-state index contributed by atoms with van der Waals surface area (Å²) in [5.74, 6) is -0.980. The fraction of sp³-hybridized carbons (Fsp3) is 0.697. The van der Waals surface area contributed by atoms with Gasteiger partial charge in [0.05, 0.1) is 12.7 Å². The molecule has 0 aliphatic rings. The first kappa shape index (κ1) is 41.0. The zero-order valence-corrected chi connectivity index (χ0v) is 27.3. The van der Waals surface area contributed by atoms with Crippen LogP contribution in [0.15, 0.2) is 48.6 Å². The van der Waals surface area contributed by atoms with Crippen molar-refractivity contribution in [1.29, 1.82) is 0 Å². The Bertz CT molecular complexity index is 858. The number of phosphoric acid groups is 1. The predicted octanol–water partition coefficient (Wildman–Crippen LogP) is 7.81. The van der Waals surface area contributed by atoms with E-state index in [2.05, 4.69) is 47.9 Å². The fourth-order valence-corrected chi connectivity index (χ4v) is 4.33. The highest BCUT2D eigenvalue weighted by Gasteiger charge is 2.22. The number of esters is 2.